The van der Waals surface area contributed by atoms with E-state index in [-0.39, 0.29) is 24.1 Å². The second kappa shape index (κ2) is 12.7. The van der Waals surface area contributed by atoms with E-state index in [1.165, 1.54) is 0 Å². The first-order chi connectivity index (χ1) is 20.7. The van der Waals surface area contributed by atoms with Gasteiger partial charge in [-0.05, 0) is 70.0 Å². The molecule has 224 valence electrons. The van der Waals surface area contributed by atoms with Gasteiger partial charge in [0.15, 0.2) is 11.6 Å². The van der Waals surface area contributed by atoms with E-state index in [2.05, 4.69) is 9.97 Å². The van der Waals surface area contributed by atoms with E-state index in [1.807, 2.05) is 82.3 Å². The number of pyridine rings is 1. The maximum atomic E-state index is 13.7. The van der Waals surface area contributed by atoms with E-state index >= 15 is 0 Å². The van der Waals surface area contributed by atoms with Gasteiger partial charge in [-0.1, -0.05) is 24.3 Å². The SMILES string of the molecule is COCn1c(C(=O)c2oc3cccc(OCCCN(Cc4cccnc4)C(=O)OC(C)(C)C)c3c2C)nc2ccccc21. The molecule has 0 atom stereocenters. The lowest BCUT2D eigenvalue weighted by Crippen LogP contribution is -2.37. The van der Waals surface area contributed by atoms with Gasteiger partial charge in [0.05, 0.1) is 29.6 Å². The van der Waals surface area contributed by atoms with Crippen molar-refractivity contribution in [2.45, 2.75) is 53.0 Å². The maximum Gasteiger partial charge on any atom is 0.410 e. The normalized spacial score (nSPS) is 11.7. The molecule has 3 aromatic heterocycles. The average Bonchev–Trinajstić information content (AvgIpc) is 3.52. The molecular weight excluding hydrogens is 548 g/mol. The van der Waals surface area contributed by atoms with Crippen LogP contribution < -0.4 is 4.74 Å². The third kappa shape index (κ3) is 6.70. The minimum atomic E-state index is -0.613. The van der Waals surface area contributed by atoms with Crippen LogP contribution in [0.2, 0.25) is 0 Å². The zero-order valence-corrected chi connectivity index (χ0v) is 25.1. The monoisotopic (exact) mass is 584 g/mol. The molecule has 0 aliphatic heterocycles. The van der Waals surface area contributed by atoms with E-state index in [0.717, 1.165) is 16.5 Å². The van der Waals surface area contributed by atoms with Crippen LogP contribution in [0.3, 0.4) is 0 Å². The number of benzene rings is 2. The molecule has 0 fully saturated rings. The highest BCUT2D eigenvalue weighted by Crippen LogP contribution is 2.34. The van der Waals surface area contributed by atoms with Crippen molar-refractivity contribution in [1.29, 1.82) is 0 Å². The third-order valence-corrected chi connectivity index (χ3v) is 6.82. The number of amides is 1. The van der Waals surface area contributed by atoms with E-state index < -0.39 is 11.7 Å². The van der Waals surface area contributed by atoms with E-state index in [4.69, 9.17) is 18.6 Å². The summed E-state index contributed by atoms with van der Waals surface area (Å²) in [4.78, 5) is 37.1. The van der Waals surface area contributed by atoms with Crippen LogP contribution in [0.25, 0.3) is 22.0 Å². The lowest BCUT2D eigenvalue weighted by molar-refractivity contribution is 0.0225. The highest BCUT2D eigenvalue weighted by molar-refractivity contribution is 6.10. The van der Waals surface area contributed by atoms with Gasteiger partial charge in [-0.25, -0.2) is 9.78 Å². The van der Waals surface area contributed by atoms with Crippen molar-refractivity contribution in [3.63, 3.8) is 0 Å². The molecule has 0 spiro atoms. The van der Waals surface area contributed by atoms with Crippen LogP contribution in [0, 0.1) is 6.92 Å². The number of carbonyl (C=O) groups is 2. The molecule has 1 amide bonds. The van der Waals surface area contributed by atoms with Crippen LogP contribution in [0.5, 0.6) is 5.75 Å². The molecule has 0 unspecified atom stereocenters. The van der Waals surface area contributed by atoms with Gasteiger partial charge in [0.2, 0.25) is 0 Å². The summed E-state index contributed by atoms with van der Waals surface area (Å²) in [5.74, 6) is 0.699. The summed E-state index contributed by atoms with van der Waals surface area (Å²) in [5.41, 5.74) is 3.00. The molecule has 0 bridgehead atoms. The number of para-hydroxylation sites is 2. The number of methoxy groups -OCH3 is 1. The topological polar surface area (TPSA) is 109 Å². The van der Waals surface area contributed by atoms with Crippen molar-refractivity contribution >= 4 is 33.9 Å². The Morgan fingerprint density at radius 2 is 1.86 bits per heavy atom. The molecule has 5 rings (SSSR count). The summed E-state index contributed by atoms with van der Waals surface area (Å²) < 4.78 is 25.0. The molecule has 10 heteroatoms. The molecule has 0 radical (unpaired) electrons. The zero-order chi connectivity index (χ0) is 30.6. The fraction of sp³-hybridized carbons (Fsp3) is 0.333. The second-order valence-corrected chi connectivity index (χ2v) is 11.2. The summed E-state index contributed by atoms with van der Waals surface area (Å²) in [6.07, 6.45) is 3.59. The summed E-state index contributed by atoms with van der Waals surface area (Å²) in [7, 11) is 1.57. The summed E-state index contributed by atoms with van der Waals surface area (Å²) in [5, 5.41) is 0.722. The smallest absolute Gasteiger partial charge is 0.410 e. The Morgan fingerprint density at radius 3 is 2.60 bits per heavy atom. The molecule has 5 aromatic rings. The van der Waals surface area contributed by atoms with Gasteiger partial charge < -0.3 is 23.5 Å². The number of ketones is 1. The van der Waals surface area contributed by atoms with Crippen LogP contribution >= 0.6 is 0 Å². The van der Waals surface area contributed by atoms with E-state index in [1.54, 1.807) is 29.0 Å². The number of rotatable bonds is 11. The molecule has 43 heavy (non-hydrogen) atoms. The minimum absolute atomic E-state index is 0.177. The van der Waals surface area contributed by atoms with Crippen molar-refractivity contribution in [3.8, 4) is 5.75 Å². The van der Waals surface area contributed by atoms with Crippen LogP contribution in [-0.2, 0) is 22.7 Å². The number of imidazole rings is 1. The molecular formula is C33H36N4O6. The predicted octanol–water partition coefficient (Wildman–Crippen LogP) is 6.53. The largest absolute Gasteiger partial charge is 0.493 e. The van der Waals surface area contributed by atoms with Crippen molar-refractivity contribution in [2.75, 3.05) is 20.3 Å². The van der Waals surface area contributed by atoms with Crippen LogP contribution in [0.4, 0.5) is 4.79 Å². The Balaban J connectivity index is 1.33. The number of hydrogen-bond acceptors (Lipinski definition) is 8. The number of nitrogens with zero attached hydrogens (tertiary/aromatic N) is 4. The molecule has 0 saturated heterocycles. The van der Waals surface area contributed by atoms with Crippen LogP contribution in [0.1, 0.15) is 54.7 Å². The Labute approximate surface area is 250 Å². The number of carbonyl (C=O) groups excluding carboxylic acids is 2. The molecule has 0 aliphatic carbocycles. The van der Waals surface area contributed by atoms with Gasteiger partial charge >= 0.3 is 6.09 Å². The Morgan fingerprint density at radius 1 is 1.05 bits per heavy atom. The molecule has 3 heterocycles. The average molecular weight is 585 g/mol. The summed E-state index contributed by atoms with van der Waals surface area (Å²) in [6.45, 7) is 8.68. The number of ether oxygens (including phenoxy) is 3. The summed E-state index contributed by atoms with van der Waals surface area (Å²) >= 11 is 0. The Bertz CT molecular complexity index is 1740. The van der Waals surface area contributed by atoms with Crippen LogP contribution in [-0.4, -0.2) is 57.2 Å². The number of furan rings is 1. The zero-order valence-electron chi connectivity index (χ0n) is 25.1. The molecule has 0 N–H and O–H groups in total. The van der Waals surface area contributed by atoms with Crippen molar-refractivity contribution < 1.29 is 28.2 Å². The van der Waals surface area contributed by atoms with Gasteiger partial charge in [-0.3, -0.25) is 14.3 Å². The van der Waals surface area contributed by atoms with Crippen molar-refractivity contribution in [3.05, 3.63) is 89.7 Å². The van der Waals surface area contributed by atoms with Crippen molar-refractivity contribution in [2.24, 2.45) is 0 Å². The predicted molar refractivity (Wildman–Crippen MR) is 162 cm³/mol. The molecule has 2 aromatic carbocycles. The third-order valence-electron chi connectivity index (χ3n) is 6.82. The maximum absolute atomic E-state index is 13.7. The highest BCUT2D eigenvalue weighted by Gasteiger charge is 2.27. The Hall–Kier alpha value is -4.70. The fourth-order valence-electron chi connectivity index (χ4n) is 4.92. The summed E-state index contributed by atoms with van der Waals surface area (Å²) in [6, 6.07) is 16.8. The van der Waals surface area contributed by atoms with Gasteiger partial charge in [0, 0.05) is 31.6 Å². The number of aryl methyl sites for hydroxylation is 1. The van der Waals surface area contributed by atoms with Crippen molar-refractivity contribution in [1.82, 2.24) is 19.4 Å². The van der Waals surface area contributed by atoms with Gasteiger partial charge in [-0.2, -0.15) is 0 Å². The van der Waals surface area contributed by atoms with Crippen LogP contribution in [0.15, 0.2) is 71.4 Å². The first-order valence-electron chi connectivity index (χ1n) is 14.2. The molecule has 10 nitrogen and oxygen atoms in total. The molecule has 0 saturated carbocycles. The van der Waals surface area contributed by atoms with E-state index in [9.17, 15) is 9.59 Å². The first kappa shape index (κ1) is 29.8. The van der Waals surface area contributed by atoms with E-state index in [0.29, 0.717) is 48.5 Å². The second-order valence-electron chi connectivity index (χ2n) is 11.2. The molecule has 0 aliphatic rings. The standard InChI is InChI=1S/C33H36N4O6/c1-22-28-26(41-18-10-17-36(32(39)43-33(2,3)4)20-23-11-9-16-34-19-23)14-8-15-27(28)42-30(22)29(38)31-35-24-12-6-7-13-25(24)37(31)21-40-5/h6-9,11-16,19H,10,17-18,20-21H2,1-5H3. The Kier molecular flexibility index (Phi) is 8.77. The number of aromatic nitrogens is 3. The first-order valence-corrected chi connectivity index (χ1v) is 14.2. The van der Waals surface area contributed by atoms with Gasteiger partial charge in [0.25, 0.3) is 5.78 Å². The lowest BCUT2D eigenvalue weighted by Gasteiger charge is -2.27. The van der Waals surface area contributed by atoms with Gasteiger partial charge in [0.1, 0.15) is 23.7 Å². The number of hydrogen-bond donors (Lipinski definition) is 0. The fourth-order valence-corrected chi connectivity index (χ4v) is 4.92. The minimum Gasteiger partial charge on any atom is -0.493 e. The lowest BCUT2D eigenvalue weighted by atomic mass is 10.1. The quantitative estimate of drug-likeness (QED) is 0.127. The highest BCUT2D eigenvalue weighted by atomic mass is 16.6. The number of fused-ring (bicyclic) bond motifs is 2. The van der Waals surface area contributed by atoms with Gasteiger partial charge in [-0.15, -0.1) is 0 Å².